The molecule has 4 nitrogen and oxygen atoms in total. The van der Waals surface area contributed by atoms with Crippen molar-refractivity contribution in [2.24, 2.45) is 0 Å². The third-order valence-electron chi connectivity index (χ3n) is 1.71. The molecule has 0 aliphatic rings. The molecule has 0 aliphatic carbocycles. The van der Waals surface area contributed by atoms with Gasteiger partial charge < -0.3 is 4.74 Å². The molecule has 0 aromatic carbocycles. The van der Waals surface area contributed by atoms with Crippen LogP contribution in [-0.4, -0.2) is 21.4 Å². The number of nitrogens with zero attached hydrogens (tertiary/aromatic N) is 2. The molecule has 15 heavy (non-hydrogen) atoms. The fourth-order valence-electron chi connectivity index (χ4n) is 1.02. The predicted molar refractivity (Wildman–Crippen MR) is 65.5 cm³/mol. The van der Waals surface area contributed by atoms with Gasteiger partial charge in [0.1, 0.15) is 11.6 Å². The summed E-state index contributed by atoms with van der Waals surface area (Å²) in [7, 11) is 0. The number of aromatic nitrogens is 2. The zero-order valence-corrected chi connectivity index (χ0v) is 11.5. The van der Waals surface area contributed by atoms with Crippen LogP contribution >= 0.6 is 22.6 Å². The summed E-state index contributed by atoms with van der Waals surface area (Å²) in [5.74, 6) is -0.262. The van der Waals surface area contributed by atoms with Gasteiger partial charge in [-0.2, -0.15) is 5.10 Å². The van der Waals surface area contributed by atoms with Gasteiger partial charge >= 0.3 is 5.97 Å². The van der Waals surface area contributed by atoms with Gasteiger partial charge in [-0.1, -0.05) is 0 Å². The van der Waals surface area contributed by atoms with E-state index in [1.807, 2.05) is 27.0 Å². The van der Waals surface area contributed by atoms with Crippen LogP contribution in [0.4, 0.5) is 0 Å². The van der Waals surface area contributed by atoms with Gasteiger partial charge in [0.25, 0.3) is 0 Å². The lowest BCUT2D eigenvalue weighted by molar-refractivity contribution is -0.158. The molecule has 0 spiro atoms. The Bertz CT molecular complexity index is 355. The van der Waals surface area contributed by atoms with Crippen molar-refractivity contribution in [3.05, 3.63) is 16.0 Å². The smallest absolute Gasteiger partial charge is 0.331 e. The normalized spacial score (nSPS) is 13.7. The fourth-order valence-corrected chi connectivity index (χ4v) is 1.43. The van der Waals surface area contributed by atoms with Crippen LogP contribution in [0, 0.1) is 3.57 Å². The zero-order valence-electron chi connectivity index (χ0n) is 9.32. The van der Waals surface area contributed by atoms with E-state index in [1.54, 1.807) is 17.8 Å². The van der Waals surface area contributed by atoms with E-state index in [-0.39, 0.29) is 12.0 Å². The molecule has 1 unspecified atom stereocenters. The molecule has 0 saturated heterocycles. The van der Waals surface area contributed by atoms with Gasteiger partial charge in [0.2, 0.25) is 0 Å². The van der Waals surface area contributed by atoms with Crippen molar-refractivity contribution in [1.29, 1.82) is 0 Å². The Morgan fingerprint density at radius 2 is 2.20 bits per heavy atom. The van der Waals surface area contributed by atoms with Crippen LogP contribution in [-0.2, 0) is 9.53 Å². The lowest BCUT2D eigenvalue weighted by Gasteiger charge is -2.22. The number of carbonyl (C=O) groups is 1. The lowest BCUT2D eigenvalue weighted by atomic mass is 10.2. The zero-order chi connectivity index (χ0) is 11.6. The van der Waals surface area contributed by atoms with Gasteiger partial charge in [-0.3, -0.25) is 4.68 Å². The lowest BCUT2D eigenvalue weighted by Crippen LogP contribution is -2.29. The molecule has 1 aromatic heterocycles. The summed E-state index contributed by atoms with van der Waals surface area (Å²) in [6, 6.07) is -0.382. The fraction of sp³-hybridized carbons (Fsp3) is 0.600. The Morgan fingerprint density at radius 1 is 1.60 bits per heavy atom. The van der Waals surface area contributed by atoms with E-state index in [4.69, 9.17) is 4.74 Å². The summed E-state index contributed by atoms with van der Waals surface area (Å²) >= 11 is 2.15. The van der Waals surface area contributed by atoms with E-state index in [0.29, 0.717) is 0 Å². The third-order valence-corrected chi connectivity index (χ3v) is 2.27. The molecule has 1 atom stereocenters. The monoisotopic (exact) mass is 322 g/mol. The van der Waals surface area contributed by atoms with Crippen LogP contribution in [0.2, 0.25) is 0 Å². The summed E-state index contributed by atoms with van der Waals surface area (Å²) in [6.45, 7) is 7.33. The van der Waals surface area contributed by atoms with E-state index in [9.17, 15) is 4.79 Å². The molecule has 0 amide bonds. The minimum Gasteiger partial charge on any atom is -0.458 e. The van der Waals surface area contributed by atoms with Crippen LogP contribution in [0.1, 0.15) is 33.7 Å². The van der Waals surface area contributed by atoms with Crippen LogP contribution in [0.5, 0.6) is 0 Å². The SMILES string of the molecule is CC(C(=O)OC(C)(C)C)n1cc(I)cn1. The molecule has 1 rings (SSSR count). The van der Waals surface area contributed by atoms with Crippen molar-refractivity contribution < 1.29 is 9.53 Å². The second-order valence-corrected chi connectivity index (χ2v) is 5.59. The maximum absolute atomic E-state index is 11.7. The van der Waals surface area contributed by atoms with Crippen molar-refractivity contribution in [3.63, 3.8) is 0 Å². The van der Waals surface area contributed by atoms with Crippen LogP contribution in [0.15, 0.2) is 12.4 Å². The molecule has 0 fully saturated rings. The van der Waals surface area contributed by atoms with Gasteiger partial charge in [0, 0.05) is 6.20 Å². The largest absolute Gasteiger partial charge is 0.458 e. The number of halogens is 1. The van der Waals surface area contributed by atoms with Gasteiger partial charge in [-0.25, -0.2) is 4.79 Å². The Balaban J connectivity index is 2.69. The quantitative estimate of drug-likeness (QED) is 0.620. The number of ether oxygens (including phenoxy) is 1. The number of hydrogen-bond acceptors (Lipinski definition) is 3. The third kappa shape index (κ3) is 3.81. The summed E-state index contributed by atoms with van der Waals surface area (Å²) < 4.78 is 7.87. The molecule has 5 heteroatoms. The van der Waals surface area contributed by atoms with Gasteiger partial charge in [-0.15, -0.1) is 0 Å². The van der Waals surface area contributed by atoms with Crippen molar-refractivity contribution in [2.75, 3.05) is 0 Å². The second kappa shape index (κ2) is 4.51. The Labute approximate surface area is 103 Å². The molecular formula is C10H15IN2O2. The van der Waals surface area contributed by atoms with Crippen LogP contribution in [0.3, 0.4) is 0 Å². The minimum absolute atomic E-state index is 0.262. The first-order valence-corrected chi connectivity index (χ1v) is 5.80. The summed E-state index contributed by atoms with van der Waals surface area (Å²) in [5, 5.41) is 4.08. The van der Waals surface area contributed by atoms with Crippen LogP contribution in [0.25, 0.3) is 0 Å². The van der Waals surface area contributed by atoms with E-state index in [0.717, 1.165) is 3.57 Å². The van der Waals surface area contributed by atoms with Crippen molar-refractivity contribution in [1.82, 2.24) is 9.78 Å². The molecule has 0 radical (unpaired) electrons. The topological polar surface area (TPSA) is 44.1 Å². The first-order valence-electron chi connectivity index (χ1n) is 4.72. The molecule has 84 valence electrons. The first kappa shape index (κ1) is 12.5. The maximum atomic E-state index is 11.7. The number of esters is 1. The van der Waals surface area contributed by atoms with E-state index < -0.39 is 5.60 Å². The summed E-state index contributed by atoms with van der Waals surface area (Å²) in [4.78, 5) is 11.7. The molecular weight excluding hydrogens is 307 g/mol. The predicted octanol–water partition coefficient (Wildman–Crippen LogP) is 2.39. The first-order chi connectivity index (χ1) is 6.79. The number of hydrogen-bond donors (Lipinski definition) is 0. The average molecular weight is 322 g/mol. The molecule has 0 aliphatic heterocycles. The van der Waals surface area contributed by atoms with E-state index in [2.05, 4.69) is 27.7 Å². The number of carbonyl (C=O) groups excluding carboxylic acids is 1. The van der Waals surface area contributed by atoms with Crippen molar-refractivity contribution in [3.8, 4) is 0 Å². The standard InChI is InChI=1S/C10H15IN2O2/c1-7(9(14)15-10(2,3)4)13-6-8(11)5-12-13/h5-7H,1-4H3. The van der Waals surface area contributed by atoms with Crippen LogP contribution < -0.4 is 0 Å². The highest BCUT2D eigenvalue weighted by Gasteiger charge is 2.23. The van der Waals surface area contributed by atoms with Gasteiger partial charge in [-0.05, 0) is 50.3 Å². The highest BCUT2D eigenvalue weighted by atomic mass is 127. The average Bonchev–Trinajstić information content (AvgIpc) is 2.47. The minimum atomic E-state index is -0.453. The molecule has 0 N–H and O–H groups in total. The molecule has 1 aromatic rings. The van der Waals surface area contributed by atoms with Crippen molar-refractivity contribution in [2.45, 2.75) is 39.3 Å². The summed E-state index contributed by atoms with van der Waals surface area (Å²) in [6.07, 6.45) is 3.52. The highest BCUT2D eigenvalue weighted by Crippen LogP contribution is 2.15. The Kier molecular flexibility index (Phi) is 3.75. The molecule has 1 heterocycles. The van der Waals surface area contributed by atoms with Gasteiger partial charge in [0.05, 0.1) is 9.77 Å². The Morgan fingerprint density at radius 3 is 2.60 bits per heavy atom. The maximum Gasteiger partial charge on any atom is 0.331 e. The molecule has 0 saturated carbocycles. The van der Waals surface area contributed by atoms with E-state index in [1.165, 1.54) is 0 Å². The highest BCUT2D eigenvalue weighted by molar-refractivity contribution is 14.1. The van der Waals surface area contributed by atoms with Gasteiger partial charge in [0.15, 0.2) is 0 Å². The number of rotatable bonds is 2. The Hall–Kier alpha value is -0.590. The second-order valence-electron chi connectivity index (χ2n) is 4.35. The molecule has 0 bridgehead atoms. The van der Waals surface area contributed by atoms with E-state index >= 15 is 0 Å². The summed E-state index contributed by atoms with van der Waals surface area (Å²) in [5.41, 5.74) is -0.453. The van der Waals surface area contributed by atoms with Crippen molar-refractivity contribution >= 4 is 28.6 Å².